The van der Waals surface area contributed by atoms with Gasteiger partial charge in [0, 0.05) is 12.8 Å². The number of aliphatic carboxylic acids is 1. The Hall–Kier alpha value is -2.83. The molecule has 2 fully saturated rings. The van der Waals surface area contributed by atoms with E-state index in [1.165, 1.54) is 11.0 Å². The highest BCUT2D eigenvalue weighted by atomic mass is 16.5. The zero-order valence-corrected chi connectivity index (χ0v) is 15.9. The number of rotatable bonds is 9. The van der Waals surface area contributed by atoms with Gasteiger partial charge in [-0.05, 0) is 18.1 Å². The lowest BCUT2D eigenvalue weighted by molar-refractivity contribution is -0.170. The minimum Gasteiger partial charge on any atom is -0.479 e. The van der Waals surface area contributed by atoms with Crippen LogP contribution in [0.25, 0.3) is 0 Å². The summed E-state index contributed by atoms with van der Waals surface area (Å²) >= 11 is 0. The van der Waals surface area contributed by atoms with Crippen LogP contribution in [0.4, 0.5) is 0 Å². The topological polar surface area (TPSA) is 93.1 Å². The maximum Gasteiger partial charge on any atom is 0.338 e. The molecule has 1 aromatic carbocycles. The highest BCUT2D eigenvalue weighted by Gasteiger charge is 2.64. The molecule has 2 atom stereocenters. The molecule has 0 spiro atoms. The van der Waals surface area contributed by atoms with Crippen molar-refractivity contribution in [3.63, 3.8) is 0 Å². The molecule has 7 heteroatoms. The second-order valence-corrected chi connectivity index (χ2v) is 7.08. The van der Waals surface area contributed by atoms with E-state index in [9.17, 15) is 19.5 Å². The van der Waals surface area contributed by atoms with Crippen LogP contribution in [0.1, 0.15) is 44.6 Å². The molecule has 0 aliphatic carbocycles. The van der Waals surface area contributed by atoms with Gasteiger partial charge in [0.2, 0.25) is 11.4 Å². The van der Waals surface area contributed by atoms with Gasteiger partial charge in [0.15, 0.2) is 6.23 Å². The summed E-state index contributed by atoms with van der Waals surface area (Å²) in [5, 5.41) is 10.1. The number of nitrogens with zero attached hydrogens (tertiary/aromatic N) is 1. The highest BCUT2D eigenvalue weighted by Crippen LogP contribution is 2.46. The molecule has 0 bridgehead atoms. The van der Waals surface area contributed by atoms with Gasteiger partial charge in [-0.1, -0.05) is 50.1 Å². The van der Waals surface area contributed by atoms with Crippen molar-refractivity contribution in [3.8, 4) is 0 Å². The average Bonchev–Trinajstić information content (AvgIpc) is 2.91. The normalized spacial score (nSPS) is 24.5. The van der Waals surface area contributed by atoms with Crippen molar-refractivity contribution in [2.75, 3.05) is 6.61 Å². The highest BCUT2D eigenvalue weighted by molar-refractivity contribution is 5.94. The third-order valence-electron chi connectivity index (χ3n) is 5.14. The molecule has 0 radical (unpaired) electrons. The van der Waals surface area contributed by atoms with Crippen LogP contribution >= 0.6 is 0 Å². The van der Waals surface area contributed by atoms with Gasteiger partial charge in [0.1, 0.15) is 12.4 Å². The first kappa shape index (κ1) is 19.9. The van der Waals surface area contributed by atoms with Gasteiger partial charge in [-0.15, -0.1) is 0 Å². The maximum atomic E-state index is 12.3. The minimum absolute atomic E-state index is 0.0845. The van der Waals surface area contributed by atoms with E-state index in [4.69, 9.17) is 9.47 Å². The standard InChI is InChI=1S/C21H25NO6/c1-2-3-5-10-19(24)27-12-11-16-21(20(25)26,14-15-8-6-4-7-9-15)22-17(23)13-18(22)28-16/h4,6-9,11,18H,2-3,5,10,12-14H2,1H3,(H,25,26)/b16-11-/t18-,21-/m1/s1. The van der Waals surface area contributed by atoms with Gasteiger partial charge < -0.3 is 14.6 Å². The van der Waals surface area contributed by atoms with E-state index in [1.807, 2.05) is 30.3 Å². The smallest absolute Gasteiger partial charge is 0.338 e. The molecule has 0 unspecified atom stereocenters. The number of amides is 1. The second-order valence-electron chi connectivity index (χ2n) is 7.08. The summed E-state index contributed by atoms with van der Waals surface area (Å²) in [6, 6.07) is 9.10. The minimum atomic E-state index is -1.62. The lowest BCUT2D eigenvalue weighted by Crippen LogP contribution is -2.63. The number of ether oxygens (including phenoxy) is 2. The Morgan fingerprint density at radius 2 is 2.07 bits per heavy atom. The van der Waals surface area contributed by atoms with Gasteiger partial charge in [-0.3, -0.25) is 14.5 Å². The molecule has 1 aromatic rings. The fraction of sp³-hybridized carbons (Fsp3) is 0.476. The summed E-state index contributed by atoms with van der Waals surface area (Å²) in [6.07, 6.45) is 4.19. The molecule has 2 heterocycles. The number of carboxylic acid groups (broad SMARTS) is 1. The molecule has 0 aromatic heterocycles. The van der Waals surface area contributed by atoms with E-state index in [1.54, 1.807) is 0 Å². The summed E-state index contributed by atoms with van der Waals surface area (Å²) in [4.78, 5) is 37.6. The Kier molecular flexibility index (Phi) is 6.02. The summed E-state index contributed by atoms with van der Waals surface area (Å²) < 4.78 is 11.0. The predicted molar refractivity (Wildman–Crippen MR) is 100 cm³/mol. The summed E-state index contributed by atoms with van der Waals surface area (Å²) in [5.74, 6) is -1.59. The number of carbonyl (C=O) groups is 3. The van der Waals surface area contributed by atoms with Gasteiger partial charge in [-0.25, -0.2) is 4.79 Å². The van der Waals surface area contributed by atoms with E-state index in [0.29, 0.717) is 6.42 Å². The number of carbonyl (C=O) groups excluding carboxylic acids is 2. The van der Waals surface area contributed by atoms with Crippen molar-refractivity contribution in [3.05, 3.63) is 47.7 Å². The first-order valence-electron chi connectivity index (χ1n) is 9.61. The molecular weight excluding hydrogens is 362 g/mol. The van der Waals surface area contributed by atoms with Crippen LogP contribution in [0.3, 0.4) is 0 Å². The number of hydrogen-bond donors (Lipinski definition) is 1. The monoisotopic (exact) mass is 387 g/mol. The SMILES string of the molecule is CCCCCC(=O)OC/C=C1\O[C@@H]2CC(=O)N2[C@@]1(Cc1ccccc1)C(=O)O. The van der Waals surface area contributed by atoms with Crippen LogP contribution in [-0.2, 0) is 30.3 Å². The van der Waals surface area contributed by atoms with Gasteiger partial charge in [0.25, 0.3) is 0 Å². The summed E-state index contributed by atoms with van der Waals surface area (Å²) in [5.41, 5.74) is -0.841. The first-order valence-corrected chi connectivity index (χ1v) is 9.61. The van der Waals surface area contributed by atoms with E-state index >= 15 is 0 Å². The lowest BCUT2D eigenvalue weighted by atomic mass is 9.85. The fourth-order valence-corrected chi connectivity index (χ4v) is 3.67. The van der Waals surface area contributed by atoms with Crippen molar-refractivity contribution >= 4 is 17.8 Å². The number of benzene rings is 1. The van der Waals surface area contributed by atoms with Gasteiger partial charge >= 0.3 is 11.9 Å². The third kappa shape index (κ3) is 3.74. The number of carboxylic acids is 1. The molecule has 1 N–H and O–H groups in total. The van der Waals surface area contributed by atoms with Crippen LogP contribution in [0.5, 0.6) is 0 Å². The number of hydrogen-bond acceptors (Lipinski definition) is 5. The molecule has 7 nitrogen and oxygen atoms in total. The maximum absolute atomic E-state index is 12.3. The molecular formula is C21H25NO6. The van der Waals surface area contributed by atoms with Crippen LogP contribution in [-0.4, -0.2) is 46.2 Å². The largest absolute Gasteiger partial charge is 0.479 e. The van der Waals surface area contributed by atoms with E-state index in [2.05, 4.69) is 6.92 Å². The van der Waals surface area contributed by atoms with Crippen molar-refractivity contribution in [1.29, 1.82) is 0 Å². The van der Waals surface area contributed by atoms with Crippen LogP contribution in [0.15, 0.2) is 42.2 Å². The number of unbranched alkanes of at least 4 members (excludes halogenated alkanes) is 2. The predicted octanol–water partition coefficient (Wildman–Crippen LogP) is 2.65. The molecule has 2 aliphatic heterocycles. The van der Waals surface area contributed by atoms with Crippen molar-refractivity contribution in [1.82, 2.24) is 4.90 Å². The van der Waals surface area contributed by atoms with Crippen LogP contribution in [0.2, 0.25) is 0 Å². The van der Waals surface area contributed by atoms with Gasteiger partial charge in [-0.2, -0.15) is 0 Å². The summed E-state index contributed by atoms with van der Waals surface area (Å²) in [7, 11) is 0. The van der Waals surface area contributed by atoms with E-state index in [-0.39, 0.29) is 37.1 Å². The van der Waals surface area contributed by atoms with Crippen molar-refractivity contribution < 1.29 is 29.0 Å². The first-order chi connectivity index (χ1) is 13.5. The molecule has 0 saturated carbocycles. The van der Waals surface area contributed by atoms with E-state index < -0.39 is 17.7 Å². The van der Waals surface area contributed by atoms with Crippen molar-refractivity contribution in [2.24, 2.45) is 0 Å². The Labute approximate surface area is 163 Å². The number of fused-ring (bicyclic) bond motifs is 1. The molecule has 2 aliphatic rings. The molecule has 3 rings (SSSR count). The van der Waals surface area contributed by atoms with Crippen LogP contribution in [0, 0.1) is 0 Å². The Bertz CT molecular complexity index is 774. The molecule has 150 valence electrons. The Morgan fingerprint density at radius 3 is 2.71 bits per heavy atom. The zero-order valence-electron chi connectivity index (χ0n) is 15.9. The fourth-order valence-electron chi connectivity index (χ4n) is 3.67. The van der Waals surface area contributed by atoms with Gasteiger partial charge in [0.05, 0.1) is 6.42 Å². The Balaban J connectivity index is 1.79. The molecule has 28 heavy (non-hydrogen) atoms. The Morgan fingerprint density at radius 1 is 1.32 bits per heavy atom. The number of β-lactam (4-membered cyclic amide) rings is 1. The third-order valence-corrected chi connectivity index (χ3v) is 5.14. The molecule has 1 amide bonds. The lowest BCUT2D eigenvalue weighted by Gasteiger charge is -2.40. The van der Waals surface area contributed by atoms with Crippen LogP contribution < -0.4 is 0 Å². The zero-order chi connectivity index (χ0) is 20.1. The second kappa shape index (κ2) is 8.46. The average molecular weight is 387 g/mol. The number of esters is 1. The summed E-state index contributed by atoms with van der Waals surface area (Å²) in [6.45, 7) is 1.97. The quantitative estimate of drug-likeness (QED) is 0.398. The van der Waals surface area contributed by atoms with E-state index in [0.717, 1.165) is 24.8 Å². The van der Waals surface area contributed by atoms with Crippen molar-refractivity contribution in [2.45, 2.75) is 57.2 Å². The molecule has 2 saturated heterocycles.